The van der Waals surface area contributed by atoms with Crippen LogP contribution in [0.1, 0.15) is 12.8 Å². The van der Waals surface area contributed by atoms with Gasteiger partial charge < -0.3 is 19.3 Å². The fourth-order valence-electron chi connectivity index (χ4n) is 3.27. The van der Waals surface area contributed by atoms with Crippen molar-refractivity contribution in [1.82, 2.24) is 4.90 Å². The standard InChI is InChI=1S/C17H21FN2O4/c1-23-10-15(21)19-7-5-17(6-8-19)12-20(16(22)11-24-17)14-4-2-3-13(18)9-14/h2-4,9H,5-8,10-12H2,1H3. The number of methoxy groups -OCH3 is 1. The second kappa shape index (κ2) is 6.86. The zero-order chi connectivity index (χ0) is 17.2. The molecule has 2 saturated heterocycles. The Bertz CT molecular complexity index is 629. The fourth-order valence-corrected chi connectivity index (χ4v) is 3.27. The molecule has 1 aromatic rings. The zero-order valence-electron chi connectivity index (χ0n) is 13.7. The molecule has 6 nitrogen and oxygen atoms in total. The number of carbonyl (C=O) groups excluding carboxylic acids is 2. The Morgan fingerprint density at radius 1 is 1.38 bits per heavy atom. The molecule has 0 aromatic heterocycles. The van der Waals surface area contributed by atoms with Gasteiger partial charge in [-0.2, -0.15) is 0 Å². The van der Waals surface area contributed by atoms with Gasteiger partial charge in [0.05, 0.1) is 12.1 Å². The normalized spacial score (nSPS) is 20.5. The summed E-state index contributed by atoms with van der Waals surface area (Å²) in [6.45, 7) is 1.55. The Balaban J connectivity index is 1.70. The predicted molar refractivity (Wildman–Crippen MR) is 85.1 cm³/mol. The van der Waals surface area contributed by atoms with Gasteiger partial charge in [-0.05, 0) is 31.0 Å². The number of halogens is 1. The number of hydrogen-bond donors (Lipinski definition) is 0. The molecule has 7 heteroatoms. The molecule has 1 aromatic carbocycles. The minimum Gasteiger partial charge on any atom is -0.375 e. The van der Waals surface area contributed by atoms with Crippen LogP contribution in [0.5, 0.6) is 0 Å². The quantitative estimate of drug-likeness (QED) is 0.832. The first-order valence-corrected chi connectivity index (χ1v) is 8.00. The molecule has 2 fully saturated rings. The average molecular weight is 336 g/mol. The van der Waals surface area contributed by atoms with Gasteiger partial charge in [0.1, 0.15) is 19.0 Å². The minimum absolute atomic E-state index is 0.0253. The number of nitrogens with zero attached hydrogens (tertiary/aromatic N) is 2. The van der Waals surface area contributed by atoms with E-state index in [0.717, 1.165) is 0 Å². The van der Waals surface area contributed by atoms with Crippen LogP contribution in [-0.2, 0) is 19.1 Å². The van der Waals surface area contributed by atoms with E-state index in [1.807, 2.05) is 0 Å². The highest BCUT2D eigenvalue weighted by Gasteiger charge is 2.43. The number of likely N-dealkylation sites (tertiary alicyclic amines) is 1. The number of amides is 2. The first-order chi connectivity index (χ1) is 11.5. The molecule has 0 atom stereocenters. The van der Waals surface area contributed by atoms with Gasteiger partial charge in [-0.25, -0.2) is 4.39 Å². The van der Waals surface area contributed by atoms with Gasteiger partial charge in [0.25, 0.3) is 5.91 Å². The van der Waals surface area contributed by atoms with Crippen LogP contribution in [0.3, 0.4) is 0 Å². The summed E-state index contributed by atoms with van der Waals surface area (Å²) in [5, 5.41) is 0. The minimum atomic E-state index is -0.482. The largest absolute Gasteiger partial charge is 0.375 e. The van der Waals surface area contributed by atoms with Gasteiger partial charge in [-0.3, -0.25) is 9.59 Å². The van der Waals surface area contributed by atoms with Crippen LogP contribution in [0.25, 0.3) is 0 Å². The number of hydrogen-bond acceptors (Lipinski definition) is 4. The number of carbonyl (C=O) groups is 2. The van der Waals surface area contributed by atoms with E-state index < -0.39 is 5.60 Å². The van der Waals surface area contributed by atoms with Crippen LogP contribution in [0.2, 0.25) is 0 Å². The first-order valence-electron chi connectivity index (χ1n) is 8.00. The van der Waals surface area contributed by atoms with Gasteiger partial charge in [-0.1, -0.05) is 6.07 Å². The molecule has 0 bridgehead atoms. The molecule has 0 N–H and O–H groups in total. The van der Waals surface area contributed by atoms with E-state index in [1.54, 1.807) is 21.9 Å². The lowest BCUT2D eigenvalue weighted by molar-refractivity contribution is -0.152. The summed E-state index contributed by atoms with van der Waals surface area (Å²) in [6.07, 6.45) is 1.28. The Labute approximate surface area is 140 Å². The smallest absolute Gasteiger partial charge is 0.253 e. The van der Waals surface area contributed by atoms with Crippen LogP contribution in [0, 0.1) is 5.82 Å². The van der Waals surface area contributed by atoms with Crippen molar-refractivity contribution in [1.29, 1.82) is 0 Å². The average Bonchev–Trinajstić information content (AvgIpc) is 2.58. The molecule has 24 heavy (non-hydrogen) atoms. The van der Waals surface area contributed by atoms with Gasteiger partial charge in [0.15, 0.2) is 0 Å². The summed E-state index contributed by atoms with van der Waals surface area (Å²) in [5.41, 5.74) is 0.0601. The molecule has 2 amide bonds. The third-order valence-electron chi connectivity index (χ3n) is 4.66. The molecule has 2 aliphatic rings. The van der Waals surface area contributed by atoms with Crippen molar-refractivity contribution < 1.29 is 23.5 Å². The molecule has 0 unspecified atom stereocenters. The van der Waals surface area contributed by atoms with Crippen molar-refractivity contribution in [3.8, 4) is 0 Å². The maximum atomic E-state index is 13.5. The van der Waals surface area contributed by atoms with E-state index in [9.17, 15) is 14.0 Å². The lowest BCUT2D eigenvalue weighted by atomic mass is 9.89. The first kappa shape index (κ1) is 16.9. The lowest BCUT2D eigenvalue weighted by Crippen LogP contribution is -2.59. The van der Waals surface area contributed by atoms with Crippen molar-refractivity contribution in [3.63, 3.8) is 0 Å². The maximum Gasteiger partial charge on any atom is 0.253 e. The van der Waals surface area contributed by atoms with Crippen LogP contribution >= 0.6 is 0 Å². The molecule has 0 aliphatic carbocycles. The molecule has 3 rings (SSSR count). The monoisotopic (exact) mass is 336 g/mol. The van der Waals surface area contributed by atoms with E-state index in [1.165, 1.54) is 19.2 Å². The summed E-state index contributed by atoms with van der Waals surface area (Å²) in [4.78, 5) is 27.4. The van der Waals surface area contributed by atoms with Gasteiger partial charge in [0.2, 0.25) is 5.91 Å². The van der Waals surface area contributed by atoms with E-state index in [0.29, 0.717) is 38.2 Å². The Kier molecular flexibility index (Phi) is 4.82. The third-order valence-corrected chi connectivity index (χ3v) is 4.66. The molecular weight excluding hydrogens is 315 g/mol. The molecule has 0 radical (unpaired) electrons. The van der Waals surface area contributed by atoms with Gasteiger partial charge in [0, 0.05) is 25.9 Å². The fraction of sp³-hybridized carbons (Fsp3) is 0.529. The van der Waals surface area contributed by atoms with Crippen LogP contribution in [0.4, 0.5) is 10.1 Å². The van der Waals surface area contributed by atoms with Crippen molar-refractivity contribution in [2.45, 2.75) is 18.4 Å². The van der Waals surface area contributed by atoms with Crippen molar-refractivity contribution >= 4 is 17.5 Å². The second-order valence-corrected chi connectivity index (χ2v) is 6.25. The highest BCUT2D eigenvalue weighted by molar-refractivity contribution is 5.95. The second-order valence-electron chi connectivity index (χ2n) is 6.25. The number of benzene rings is 1. The van der Waals surface area contributed by atoms with Crippen molar-refractivity contribution in [2.24, 2.45) is 0 Å². The summed E-state index contributed by atoms with van der Waals surface area (Å²) in [7, 11) is 1.50. The lowest BCUT2D eigenvalue weighted by Gasteiger charge is -2.46. The molecule has 2 heterocycles. The van der Waals surface area contributed by atoms with Crippen molar-refractivity contribution in [2.75, 3.05) is 44.9 Å². The maximum absolute atomic E-state index is 13.5. The summed E-state index contributed by atoms with van der Waals surface area (Å²) >= 11 is 0. The Morgan fingerprint density at radius 2 is 2.12 bits per heavy atom. The van der Waals surface area contributed by atoms with Gasteiger partial charge >= 0.3 is 0 Å². The van der Waals surface area contributed by atoms with E-state index in [2.05, 4.69) is 0 Å². The van der Waals surface area contributed by atoms with E-state index in [-0.39, 0.29) is 30.8 Å². The number of anilines is 1. The predicted octanol–water partition coefficient (Wildman–Crippen LogP) is 1.20. The molecule has 1 spiro atoms. The highest BCUT2D eigenvalue weighted by atomic mass is 19.1. The van der Waals surface area contributed by atoms with E-state index >= 15 is 0 Å². The topological polar surface area (TPSA) is 59.1 Å². The number of rotatable bonds is 3. The molecular formula is C17H21FN2O4. The number of piperidine rings is 1. The molecule has 0 saturated carbocycles. The SMILES string of the molecule is COCC(=O)N1CCC2(CC1)CN(c1cccc(F)c1)C(=O)CO2. The summed E-state index contributed by atoms with van der Waals surface area (Å²) in [5.74, 6) is -0.592. The number of ether oxygens (including phenoxy) is 2. The summed E-state index contributed by atoms with van der Waals surface area (Å²) in [6, 6.07) is 6.02. The van der Waals surface area contributed by atoms with E-state index in [4.69, 9.17) is 9.47 Å². The molecule has 130 valence electrons. The zero-order valence-corrected chi connectivity index (χ0v) is 13.7. The van der Waals surface area contributed by atoms with Gasteiger partial charge in [-0.15, -0.1) is 0 Å². The Hall–Kier alpha value is -1.99. The Morgan fingerprint density at radius 3 is 2.79 bits per heavy atom. The van der Waals surface area contributed by atoms with Crippen molar-refractivity contribution in [3.05, 3.63) is 30.1 Å². The van der Waals surface area contributed by atoms with Crippen LogP contribution < -0.4 is 4.90 Å². The highest BCUT2D eigenvalue weighted by Crippen LogP contribution is 2.33. The number of morpholine rings is 1. The summed E-state index contributed by atoms with van der Waals surface area (Å²) < 4.78 is 24.2. The molecule has 2 aliphatic heterocycles. The third kappa shape index (κ3) is 3.42. The van der Waals surface area contributed by atoms with Crippen LogP contribution in [-0.4, -0.2) is 62.3 Å². The van der Waals surface area contributed by atoms with Crippen LogP contribution in [0.15, 0.2) is 24.3 Å².